The van der Waals surface area contributed by atoms with Gasteiger partial charge in [0.2, 0.25) is 5.91 Å². The molecule has 172 valence electrons. The van der Waals surface area contributed by atoms with Crippen molar-refractivity contribution in [1.29, 1.82) is 0 Å². The first-order valence-corrected chi connectivity index (χ1v) is 11.3. The van der Waals surface area contributed by atoms with Gasteiger partial charge in [0.05, 0.1) is 21.9 Å². The molecule has 10 heteroatoms. The van der Waals surface area contributed by atoms with Gasteiger partial charge in [-0.25, -0.2) is 4.39 Å². The lowest BCUT2D eigenvalue weighted by Gasteiger charge is -2.12. The van der Waals surface area contributed by atoms with Gasteiger partial charge >= 0.3 is 0 Å². The van der Waals surface area contributed by atoms with Gasteiger partial charge in [-0.05, 0) is 43.7 Å². The van der Waals surface area contributed by atoms with Crippen LogP contribution in [-0.2, 0) is 4.79 Å². The number of rotatable bonds is 7. The second kappa shape index (κ2) is 9.84. The minimum atomic E-state index is -0.516. The van der Waals surface area contributed by atoms with Crippen molar-refractivity contribution in [3.63, 3.8) is 0 Å². The fourth-order valence-corrected chi connectivity index (χ4v) is 4.03. The monoisotopic (exact) mass is 477 g/mol. The van der Waals surface area contributed by atoms with E-state index in [2.05, 4.69) is 15.5 Å². The Morgan fingerprint density at radius 2 is 1.82 bits per heavy atom. The fraction of sp³-hybridized carbons (Fsp3) is 0.125. The largest absolute Gasteiger partial charge is 0.325 e. The molecule has 0 radical (unpaired) electrons. The van der Waals surface area contributed by atoms with Gasteiger partial charge in [0, 0.05) is 17.8 Å². The van der Waals surface area contributed by atoms with E-state index in [-0.39, 0.29) is 17.3 Å². The molecule has 1 amide bonds. The van der Waals surface area contributed by atoms with Crippen molar-refractivity contribution in [2.24, 2.45) is 0 Å². The molecule has 1 aromatic heterocycles. The van der Waals surface area contributed by atoms with Crippen LogP contribution in [0, 0.1) is 29.8 Å². The number of nitro groups is 1. The predicted molar refractivity (Wildman–Crippen MR) is 129 cm³/mol. The number of carbonyl (C=O) groups excluding carboxylic acids is 1. The Bertz CT molecular complexity index is 1370. The zero-order valence-corrected chi connectivity index (χ0v) is 19.2. The SMILES string of the molecule is Cc1ccc(-n2c(SCC(=O)Nc3cc([N+](=O)[O-])ccc3C)nnc2-c2ccccc2F)cc1. The zero-order chi connectivity index (χ0) is 24.2. The summed E-state index contributed by atoms with van der Waals surface area (Å²) in [4.78, 5) is 23.1. The molecule has 0 atom stereocenters. The lowest BCUT2D eigenvalue weighted by molar-refractivity contribution is -0.384. The van der Waals surface area contributed by atoms with Crippen LogP contribution in [0.2, 0.25) is 0 Å². The number of aromatic nitrogens is 3. The number of nitrogens with zero attached hydrogens (tertiary/aromatic N) is 4. The Balaban J connectivity index is 1.61. The molecule has 3 aromatic carbocycles. The molecule has 0 aliphatic heterocycles. The molecule has 0 saturated heterocycles. The summed E-state index contributed by atoms with van der Waals surface area (Å²) in [5.41, 5.74) is 3.04. The minimum absolute atomic E-state index is 0.0244. The number of nitrogens with one attached hydrogen (secondary N) is 1. The highest BCUT2D eigenvalue weighted by Gasteiger charge is 2.20. The molecule has 0 bridgehead atoms. The lowest BCUT2D eigenvalue weighted by atomic mass is 10.2. The van der Waals surface area contributed by atoms with Crippen molar-refractivity contribution in [3.05, 3.63) is 93.8 Å². The normalized spacial score (nSPS) is 10.8. The third-order valence-corrected chi connectivity index (χ3v) is 6.01. The summed E-state index contributed by atoms with van der Waals surface area (Å²) < 4.78 is 16.2. The van der Waals surface area contributed by atoms with Crippen LogP contribution in [0.3, 0.4) is 0 Å². The Morgan fingerprint density at radius 3 is 2.53 bits per heavy atom. The number of benzene rings is 3. The van der Waals surface area contributed by atoms with Crippen LogP contribution in [0.5, 0.6) is 0 Å². The number of non-ortho nitro benzene ring substituents is 1. The molecule has 4 rings (SSSR count). The van der Waals surface area contributed by atoms with Crippen molar-refractivity contribution in [2.75, 3.05) is 11.1 Å². The second-order valence-corrected chi connectivity index (χ2v) is 8.49. The smallest absolute Gasteiger partial charge is 0.271 e. The maximum atomic E-state index is 14.5. The summed E-state index contributed by atoms with van der Waals surface area (Å²) in [6.07, 6.45) is 0. The van der Waals surface area contributed by atoms with Crippen LogP contribution in [0.1, 0.15) is 11.1 Å². The van der Waals surface area contributed by atoms with Gasteiger partial charge in [0.1, 0.15) is 5.82 Å². The average molecular weight is 478 g/mol. The number of hydrogen-bond acceptors (Lipinski definition) is 6. The highest BCUT2D eigenvalue weighted by molar-refractivity contribution is 7.99. The van der Waals surface area contributed by atoms with Gasteiger partial charge in [-0.2, -0.15) is 0 Å². The molecule has 1 N–H and O–H groups in total. The Kier molecular flexibility index (Phi) is 6.69. The first kappa shape index (κ1) is 23.1. The Morgan fingerprint density at radius 1 is 1.09 bits per heavy atom. The first-order valence-electron chi connectivity index (χ1n) is 10.3. The van der Waals surface area contributed by atoms with Crippen LogP contribution in [-0.4, -0.2) is 31.3 Å². The van der Waals surface area contributed by atoms with Gasteiger partial charge < -0.3 is 5.32 Å². The van der Waals surface area contributed by atoms with Crippen LogP contribution in [0.25, 0.3) is 17.1 Å². The van der Waals surface area contributed by atoms with E-state index in [0.717, 1.165) is 23.0 Å². The van der Waals surface area contributed by atoms with E-state index in [1.807, 2.05) is 31.2 Å². The third kappa shape index (κ3) is 4.96. The summed E-state index contributed by atoms with van der Waals surface area (Å²) in [7, 11) is 0. The Hall–Kier alpha value is -4.05. The van der Waals surface area contributed by atoms with Gasteiger partial charge in [0.25, 0.3) is 5.69 Å². The van der Waals surface area contributed by atoms with Gasteiger partial charge in [-0.3, -0.25) is 19.5 Å². The molecule has 0 saturated carbocycles. The molecule has 0 unspecified atom stereocenters. The molecule has 0 aliphatic rings. The summed E-state index contributed by atoms with van der Waals surface area (Å²) in [5.74, 6) is -0.499. The van der Waals surface area contributed by atoms with Crippen LogP contribution < -0.4 is 5.32 Å². The van der Waals surface area contributed by atoms with E-state index in [0.29, 0.717) is 27.8 Å². The molecule has 4 aromatic rings. The number of amides is 1. The maximum Gasteiger partial charge on any atom is 0.271 e. The molecule has 34 heavy (non-hydrogen) atoms. The zero-order valence-electron chi connectivity index (χ0n) is 18.4. The number of carbonyl (C=O) groups is 1. The lowest BCUT2D eigenvalue weighted by Crippen LogP contribution is -2.15. The quantitative estimate of drug-likeness (QED) is 0.219. The number of halogens is 1. The summed E-state index contributed by atoms with van der Waals surface area (Å²) in [6, 6.07) is 18.2. The minimum Gasteiger partial charge on any atom is -0.325 e. The van der Waals surface area contributed by atoms with Crippen molar-refractivity contribution >= 4 is 29.0 Å². The van der Waals surface area contributed by atoms with E-state index in [4.69, 9.17) is 0 Å². The number of anilines is 1. The number of aryl methyl sites for hydroxylation is 2. The molecule has 8 nitrogen and oxygen atoms in total. The van der Waals surface area contributed by atoms with Crippen molar-refractivity contribution < 1.29 is 14.1 Å². The average Bonchev–Trinajstić information content (AvgIpc) is 3.23. The second-order valence-electron chi connectivity index (χ2n) is 7.55. The standard InChI is InChI=1S/C24H20FN5O3S/c1-15-7-10-17(11-8-15)29-23(19-5-3-4-6-20(19)25)27-28-24(29)34-14-22(31)26-21-13-18(30(32)33)12-9-16(21)2/h3-13H,14H2,1-2H3,(H,26,31). The number of hydrogen-bond donors (Lipinski definition) is 1. The molecular weight excluding hydrogens is 457 g/mol. The summed E-state index contributed by atoms with van der Waals surface area (Å²) >= 11 is 1.13. The number of thioether (sulfide) groups is 1. The highest BCUT2D eigenvalue weighted by Crippen LogP contribution is 2.30. The summed E-state index contributed by atoms with van der Waals surface area (Å²) in [6.45, 7) is 3.71. The Labute approximate surface area is 199 Å². The fourth-order valence-electron chi connectivity index (χ4n) is 3.28. The molecule has 0 aliphatic carbocycles. The van der Waals surface area contributed by atoms with Gasteiger partial charge in [-0.15, -0.1) is 10.2 Å². The van der Waals surface area contributed by atoms with Crippen LogP contribution in [0.15, 0.2) is 71.9 Å². The topological polar surface area (TPSA) is 103 Å². The van der Waals surface area contributed by atoms with Crippen LogP contribution >= 0.6 is 11.8 Å². The third-order valence-electron chi connectivity index (χ3n) is 5.08. The van der Waals surface area contributed by atoms with Crippen molar-refractivity contribution in [2.45, 2.75) is 19.0 Å². The number of nitro benzene ring substituents is 1. The van der Waals surface area contributed by atoms with E-state index in [1.165, 1.54) is 18.2 Å². The van der Waals surface area contributed by atoms with E-state index >= 15 is 0 Å². The van der Waals surface area contributed by atoms with Crippen molar-refractivity contribution in [1.82, 2.24) is 14.8 Å². The molecular formula is C24H20FN5O3S. The maximum absolute atomic E-state index is 14.5. The molecule has 0 spiro atoms. The van der Waals surface area contributed by atoms with Gasteiger partial charge in [0.15, 0.2) is 11.0 Å². The van der Waals surface area contributed by atoms with E-state index in [1.54, 1.807) is 35.8 Å². The molecule has 1 heterocycles. The van der Waals surface area contributed by atoms with Gasteiger partial charge in [-0.1, -0.05) is 47.7 Å². The van der Waals surface area contributed by atoms with E-state index < -0.39 is 10.7 Å². The van der Waals surface area contributed by atoms with E-state index in [9.17, 15) is 19.3 Å². The summed E-state index contributed by atoms with van der Waals surface area (Å²) in [5, 5.41) is 22.6. The highest BCUT2D eigenvalue weighted by atomic mass is 32.2. The predicted octanol–water partition coefficient (Wildman–Crippen LogP) is 5.33. The van der Waals surface area contributed by atoms with Crippen molar-refractivity contribution in [3.8, 4) is 17.1 Å². The molecule has 0 fully saturated rings. The van der Waals surface area contributed by atoms with Crippen LogP contribution in [0.4, 0.5) is 15.8 Å². The first-order chi connectivity index (χ1) is 16.3.